The van der Waals surface area contributed by atoms with E-state index in [1.54, 1.807) is 13.2 Å². The maximum Gasteiger partial charge on any atom is 0.253 e. The lowest BCUT2D eigenvalue weighted by molar-refractivity contribution is 0.0935. The first-order valence-electron chi connectivity index (χ1n) is 8.77. The topological polar surface area (TPSA) is 75.7 Å². The monoisotopic (exact) mass is 424 g/mol. The molecular formula is C20H25ClN2O4S. The van der Waals surface area contributed by atoms with E-state index in [-0.39, 0.29) is 22.5 Å². The van der Waals surface area contributed by atoms with Crippen molar-refractivity contribution < 1.29 is 17.9 Å². The number of nitrogens with one attached hydrogen (secondary N) is 1. The minimum Gasteiger partial charge on any atom is -0.496 e. The van der Waals surface area contributed by atoms with Crippen molar-refractivity contribution in [3.63, 3.8) is 0 Å². The molecule has 1 N–H and O–H groups in total. The molecule has 6 nitrogen and oxygen atoms in total. The maximum atomic E-state index is 12.9. The van der Waals surface area contributed by atoms with Gasteiger partial charge in [0.2, 0.25) is 10.0 Å². The smallest absolute Gasteiger partial charge is 0.253 e. The molecule has 1 atom stereocenters. The molecule has 0 spiro atoms. The van der Waals surface area contributed by atoms with E-state index in [9.17, 15) is 13.2 Å². The Hall–Kier alpha value is -2.25. The number of nitrogens with zero attached hydrogens (tertiary/aromatic N) is 1. The van der Waals surface area contributed by atoms with Crippen molar-refractivity contribution in [2.75, 3.05) is 24.7 Å². The van der Waals surface area contributed by atoms with Crippen molar-refractivity contribution >= 4 is 33.2 Å². The Morgan fingerprint density at radius 2 is 1.93 bits per heavy atom. The molecule has 2 aromatic rings. The maximum absolute atomic E-state index is 12.9. The van der Waals surface area contributed by atoms with Gasteiger partial charge in [0.15, 0.2) is 0 Å². The Kier molecular flexibility index (Phi) is 6.96. The molecule has 0 aromatic heterocycles. The van der Waals surface area contributed by atoms with Crippen LogP contribution in [0.4, 0.5) is 5.69 Å². The minimum atomic E-state index is -3.45. The average molecular weight is 425 g/mol. The van der Waals surface area contributed by atoms with Crippen LogP contribution in [0.15, 0.2) is 36.4 Å². The zero-order chi connectivity index (χ0) is 21.1. The number of carbonyl (C=O) groups excluding carboxylic acids is 1. The van der Waals surface area contributed by atoms with Crippen LogP contribution >= 0.6 is 11.6 Å². The molecule has 1 unspecified atom stereocenters. The molecule has 0 saturated heterocycles. The summed E-state index contributed by atoms with van der Waals surface area (Å²) >= 11 is 6.20. The van der Waals surface area contributed by atoms with E-state index in [2.05, 4.69) is 5.32 Å². The van der Waals surface area contributed by atoms with Gasteiger partial charge in [0, 0.05) is 7.05 Å². The number of aryl methyl sites for hydroxylation is 1. The van der Waals surface area contributed by atoms with Gasteiger partial charge in [-0.2, -0.15) is 0 Å². The summed E-state index contributed by atoms with van der Waals surface area (Å²) in [4.78, 5) is 12.9. The van der Waals surface area contributed by atoms with Crippen molar-refractivity contribution in [2.24, 2.45) is 0 Å². The van der Waals surface area contributed by atoms with Gasteiger partial charge in [0.1, 0.15) is 5.75 Å². The highest BCUT2D eigenvalue weighted by Crippen LogP contribution is 2.27. The molecule has 0 heterocycles. The van der Waals surface area contributed by atoms with E-state index in [1.807, 2.05) is 32.0 Å². The van der Waals surface area contributed by atoms with Gasteiger partial charge in [0.25, 0.3) is 5.91 Å². The van der Waals surface area contributed by atoms with Crippen LogP contribution in [0.2, 0.25) is 5.02 Å². The second-order valence-corrected chi connectivity index (χ2v) is 8.98. The number of anilines is 1. The van der Waals surface area contributed by atoms with Crippen molar-refractivity contribution in [3.05, 3.63) is 58.1 Å². The predicted octanol–water partition coefficient (Wildman–Crippen LogP) is 3.93. The van der Waals surface area contributed by atoms with Gasteiger partial charge < -0.3 is 10.1 Å². The van der Waals surface area contributed by atoms with Crippen LogP contribution in [0.5, 0.6) is 5.75 Å². The van der Waals surface area contributed by atoms with E-state index in [0.29, 0.717) is 12.1 Å². The van der Waals surface area contributed by atoms with Gasteiger partial charge in [-0.05, 0) is 48.7 Å². The Balaban J connectivity index is 2.31. The molecule has 1 amide bonds. The molecule has 2 aromatic carbocycles. The number of halogens is 1. The van der Waals surface area contributed by atoms with Crippen LogP contribution in [-0.4, -0.2) is 34.7 Å². The molecule has 28 heavy (non-hydrogen) atoms. The van der Waals surface area contributed by atoms with Crippen LogP contribution in [0.25, 0.3) is 0 Å². The normalized spacial score (nSPS) is 12.4. The largest absolute Gasteiger partial charge is 0.496 e. The lowest BCUT2D eigenvalue weighted by Gasteiger charge is -2.21. The predicted molar refractivity (Wildman–Crippen MR) is 113 cm³/mol. The number of sulfonamides is 1. The fourth-order valence-corrected chi connectivity index (χ4v) is 3.55. The van der Waals surface area contributed by atoms with Crippen molar-refractivity contribution in [1.29, 1.82) is 0 Å². The second-order valence-electron chi connectivity index (χ2n) is 6.56. The van der Waals surface area contributed by atoms with Gasteiger partial charge >= 0.3 is 0 Å². The summed E-state index contributed by atoms with van der Waals surface area (Å²) in [6, 6.07) is 10.1. The first-order valence-corrected chi connectivity index (χ1v) is 11.0. The number of amides is 1. The van der Waals surface area contributed by atoms with Crippen LogP contribution in [0, 0.1) is 6.92 Å². The van der Waals surface area contributed by atoms with Crippen molar-refractivity contribution in [1.82, 2.24) is 5.32 Å². The number of carbonyl (C=O) groups is 1. The molecule has 0 aliphatic rings. The molecular weight excluding hydrogens is 400 g/mol. The third kappa shape index (κ3) is 4.97. The molecule has 0 aliphatic carbocycles. The van der Waals surface area contributed by atoms with Crippen LogP contribution in [-0.2, 0) is 10.0 Å². The van der Waals surface area contributed by atoms with Crippen molar-refractivity contribution in [2.45, 2.75) is 26.3 Å². The molecule has 0 radical (unpaired) electrons. The van der Waals surface area contributed by atoms with Crippen molar-refractivity contribution in [3.8, 4) is 5.75 Å². The SMILES string of the molecule is CCC(NC(=O)c1cc(N(C)S(C)(=O)=O)ccc1Cl)c1ccc(OC)c(C)c1. The van der Waals surface area contributed by atoms with Crippen LogP contribution < -0.4 is 14.4 Å². The molecule has 2 rings (SSSR count). The Morgan fingerprint density at radius 3 is 2.46 bits per heavy atom. The molecule has 0 saturated carbocycles. The fraction of sp³-hybridized carbons (Fsp3) is 0.350. The van der Waals surface area contributed by atoms with E-state index in [0.717, 1.165) is 27.4 Å². The summed E-state index contributed by atoms with van der Waals surface area (Å²) < 4.78 is 29.9. The number of rotatable bonds is 7. The Labute approximate surface area is 171 Å². The van der Waals surface area contributed by atoms with E-state index in [4.69, 9.17) is 16.3 Å². The zero-order valence-electron chi connectivity index (χ0n) is 16.6. The van der Waals surface area contributed by atoms with Gasteiger partial charge in [-0.25, -0.2) is 8.42 Å². The molecule has 0 bridgehead atoms. The summed E-state index contributed by atoms with van der Waals surface area (Å²) in [7, 11) is -0.406. The lowest BCUT2D eigenvalue weighted by Crippen LogP contribution is -2.29. The van der Waals surface area contributed by atoms with Gasteiger partial charge in [-0.3, -0.25) is 9.10 Å². The van der Waals surface area contributed by atoms with Gasteiger partial charge in [-0.1, -0.05) is 30.7 Å². The number of benzene rings is 2. The second kappa shape index (κ2) is 8.84. The number of hydrogen-bond acceptors (Lipinski definition) is 4. The lowest BCUT2D eigenvalue weighted by atomic mass is 10.0. The Morgan fingerprint density at radius 1 is 1.25 bits per heavy atom. The molecule has 152 valence electrons. The highest BCUT2D eigenvalue weighted by molar-refractivity contribution is 7.92. The highest BCUT2D eigenvalue weighted by atomic mass is 35.5. The van der Waals surface area contributed by atoms with Crippen LogP contribution in [0.3, 0.4) is 0 Å². The molecule has 0 fully saturated rings. The first kappa shape index (κ1) is 22.0. The average Bonchev–Trinajstić information content (AvgIpc) is 2.64. The standard InChI is InChI=1S/C20H25ClN2O4S/c1-6-18(14-7-10-19(27-4)13(2)11-14)22-20(24)16-12-15(8-9-17(16)21)23(3)28(5,25)26/h7-12,18H,6H2,1-5H3,(H,22,24). The zero-order valence-corrected chi connectivity index (χ0v) is 18.2. The van der Waals surface area contributed by atoms with Crippen LogP contribution in [0.1, 0.15) is 40.9 Å². The number of hydrogen-bond donors (Lipinski definition) is 1. The quantitative estimate of drug-likeness (QED) is 0.730. The summed E-state index contributed by atoms with van der Waals surface area (Å²) in [5.74, 6) is 0.415. The number of ether oxygens (including phenoxy) is 1. The minimum absolute atomic E-state index is 0.218. The highest BCUT2D eigenvalue weighted by Gasteiger charge is 2.20. The summed E-state index contributed by atoms with van der Waals surface area (Å²) in [6.07, 6.45) is 1.78. The van der Waals surface area contributed by atoms with E-state index in [1.165, 1.54) is 19.2 Å². The Bertz CT molecular complexity index is 976. The molecule has 0 aliphatic heterocycles. The third-order valence-electron chi connectivity index (χ3n) is 4.59. The van der Waals surface area contributed by atoms with Gasteiger partial charge in [0.05, 0.1) is 35.7 Å². The van der Waals surface area contributed by atoms with Gasteiger partial charge in [-0.15, -0.1) is 0 Å². The summed E-state index contributed by atoms with van der Waals surface area (Å²) in [6.45, 7) is 3.91. The van der Waals surface area contributed by atoms with E-state index < -0.39 is 10.0 Å². The molecule has 8 heteroatoms. The van der Waals surface area contributed by atoms with E-state index >= 15 is 0 Å². The third-order valence-corrected chi connectivity index (χ3v) is 6.13. The number of methoxy groups -OCH3 is 1. The fourth-order valence-electron chi connectivity index (χ4n) is 2.85. The summed E-state index contributed by atoms with van der Waals surface area (Å²) in [5.41, 5.74) is 2.51. The summed E-state index contributed by atoms with van der Waals surface area (Å²) in [5, 5.41) is 3.23. The first-order chi connectivity index (χ1) is 13.1.